The number of sulfone groups is 1. The fourth-order valence-electron chi connectivity index (χ4n) is 3.25. The molecule has 0 aliphatic heterocycles. The number of nitrogens with one attached hydrogen (secondary N) is 1. The van der Waals surface area contributed by atoms with Crippen LogP contribution in [0.5, 0.6) is 0 Å². The number of aliphatic carboxylic acids is 2. The minimum atomic E-state index is -5.08. The summed E-state index contributed by atoms with van der Waals surface area (Å²) in [4.78, 5) is 22.9. The number of halogens is 7. The summed E-state index contributed by atoms with van der Waals surface area (Å²) < 4.78 is 98.6. The molecule has 0 saturated heterocycles. The van der Waals surface area contributed by atoms with E-state index in [4.69, 9.17) is 35.5 Å². The summed E-state index contributed by atoms with van der Waals surface area (Å²) in [6.45, 7) is 4.24. The van der Waals surface area contributed by atoms with E-state index in [1.54, 1.807) is 24.7 Å². The number of carboxylic acid groups (broad SMARTS) is 2. The highest BCUT2D eigenvalue weighted by molar-refractivity contribution is 9.10. The van der Waals surface area contributed by atoms with Crippen molar-refractivity contribution in [2.45, 2.75) is 46.7 Å². The summed E-state index contributed by atoms with van der Waals surface area (Å²) >= 11 is 6.03. The summed E-state index contributed by atoms with van der Waals surface area (Å²) in [7, 11) is -3.83. The van der Waals surface area contributed by atoms with Gasteiger partial charge in [0.1, 0.15) is 11.6 Å². The van der Waals surface area contributed by atoms with E-state index in [1.165, 1.54) is 29.2 Å². The molecule has 0 unspecified atom stereocenters. The van der Waals surface area contributed by atoms with Crippen LogP contribution >= 0.6 is 39.0 Å². The van der Waals surface area contributed by atoms with Crippen LogP contribution < -0.4 is 5.73 Å². The Labute approximate surface area is 265 Å². The van der Waals surface area contributed by atoms with E-state index in [2.05, 4.69) is 26.1 Å². The Kier molecular flexibility index (Phi) is 11.9. The number of nitrogens with zero attached hydrogens (tertiary/aromatic N) is 3. The highest BCUT2D eigenvalue weighted by Crippen LogP contribution is 2.38. The van der Waals surface area contributed by atoms with Crippen LogP contribution in [0.3, 0.4) is 0 Å². The topological polar surface area (TPSA) is 202 Å². The number of imidazole rings is 1. The Morgan fingerprint density at radius 1 is 1.11 bits per heavy atom. The molecular formula is C23H20BrF6N5O7S3. The SMILES string of the molecule is CSc1sc(C(=N)N)cc1S(=O)(=O)c1cc(Br)c2c(c1)ncn2Cc1c(C)noc1C.O=C(O)C(F)(F)F.O=C(O)C(F)(F)F. The molecule has 0 radical (unpaired) electrons. The van der Waals surface area contributed by atoms with Crippen LogP contribution in [-0.2, 0) is 26.0 Å². The molecule has 246 valence electrons. The van der Waals surface area contributed by atoms with Crippen LogP contribution in [0.1, 0.15) is 21.9 Å². The van der Waals surface area contributed by atoms with Crippen molar-refractivity contribution >= 4 is 77.7 Å². The molecule has 5 N–H and O–H groups in total. The van der Waals surface area contributed by atoms with Gasteiger partial charge in [0.15, 0.2) is 0 Å². The van der Waals surface area contributed by atoms with Crippen LogP contribution in [0.2, 0.25) is 0 Å². The highest BCUT2D eigenvalue weighted by atomic mass is 79.9. The highest BCUT2D eigenvalue weighted by Gasteiger charge is 2.39. The molecule has 4 aromatic rings. The monoisotopic (exact) mass is 767 g/mol. The lowest BCUT2D eigenvalue weighted by atomic mass is 10.2. The lowest BCUT2D eigenvalue weighted by Crippen LogP contribution is -2.21. The van der Waals surface area contributed by atoms with Crippen molar-refractivity contribution in [1.29, 1.82) is 5.41 Å². The van der Waals surface area contributed by atoms with E-state index in [-0.39, 0.29) is 15.6 Å². The smallest absolute Gasteiger partial charge is 0.475 e. The number of carbonyl (C=O) groups is 2. The maximum Gasteiger partial charge on any atom is 0.490 e. The number of hydrogen-bond donors (Lipinski definition) is 4. The Bertz CT molecular complexity index is 1810. The van der Waals surface area contributed by atoms with Gasteiger partial charge in [-0.2, -0.15) is 26.3 Å². The maximum atomic E-state index is 13.4. The number of thioether (sulfide) groups is 1. The summed E-state index contributed by atoms with van der Waals surface area (Å²) in [5.41, 5.74) is 8.66. The number of benzene rings is 1. The van der Waals surface area contributed by atoms with Crippen molar-refractivity contribution in [2.24, 2.45) is 5.73 Å². The molecule has 12 nitrogen and oxygen atoms in total. The zero-order valence-electron chi connectivity index (χ0n) is 22.7. The van der Waals surface area contributed by atoms with Crippen LogP contribution in [0, 0.1) is 19.3 Å². The molecule has 0 aliphatic rings. The zero-order chi connectivity index (χ0) is 34.7. The molecule has 0 saturated carbocycles. The summed E-state index contributed by atoms with van der Waals surface area (Å²) in [6, 6.07) is 4.61. The second-order valence-electron chi connectivity index (χ2n) is 8.44. The molecular weight excluding hydrogens is 748 g/mol. The molecule has 4 rings (SSSR count). The van der Waals surface area contributed by atoms with Gasteiger partial charge in [-0.25, -0.2) is 23.0 Å². The van der Waals surface area contributed by atoms with E-state index in [0.717, 1.165) is 22.5 Å². The van der Waals surface area contributed by atoms with Gasteiger partial charge < -0.3 is 25.0 Å². The van der Waals surface area contributed by atoms with Crippen LogP contribution in [0.15, 0.2) is 47.5 Å². The quantitative estimate of drug-likeness (QED) is 0.0821. The van der Waals surface area contributed by atoms with Gasteiger partial charge in [0.25, 0.3) is 0 Å². The van der Waals surface area contributed by atoms with Gasteiger partial charge in [-0.15, -0.1) is 23.1 Å². The van der Waals surface area contributed by atoms with Crippen LogP contribution in [-0.4, -0.2) is 69.7 Å². The first-order chi connectivity index (χ1) is 20.5. The second-order valence-corrected chi connectivity index (χ2v) is 13.3. The number of thiophene rings is 1. The minimum absolute atomic E-state index is 0.123. The molecule has 45 heavy (non-hydrogen) atoms. The van der Waals surface area contributed by atoms with Crippen molar-refractivity contribution in [3.8, 4) is 0 Å². The average Bonchev–Trinajstić information content (AvgIpc) is 3.62. The standard InChI is InChI=1S/C19H18BrN5O3S3.2C2HF3O2/c1-9-12(10(2)28-24-9)7-25-8-23-14-5-11(4-13(20)17(14)25)31(26,27)16-6-15(18(21)22)30-19(16)29-3;2*3-2(4,5)1(6)7/h4-6,8H,7H2,1-3H3,(H3,21,22);2*(H,6,7). The number of nitrogen functional groups attached to an aromatic ring is 1. The van der Waals surface area contributed by atoms with Gasteiger partial charge in [0.2, 0.25) is 9.84 Å². The third-order valence-electron chi connectivity index (χ3n) is 5.35. The molecule has 0 fully saturated rings. The first kappa shape index (κ1) is 37.6. The maximum absolute atomic E-state index is 13.4. The number of aryl methyl sites for hydroxylation is 2. The summed E-state index contributed by atoms with van der Waals surface area (Å²) in [5.74, 6) is -4.94. The lowest BCUT2D eigenvalue weighted by Gasteiger charge is -2.09. The fourth-order valence-corrected chi connectivity index (χ4v) is 7.98. The van der Waals surface area contributed by atoms with E-state index in [1.807, 2.05) is 18.4 Å². The first-order valence-electron chi connectivity index (χ1n) is 11.5. The second kappa shape index (κ2) is 14.2. The Hall–Kier alpha value is -3.63. The molecule has 3 heterocycles. The molecule has 22 heteroatoms. The number of amidine groups is 1. The van der Waals surface area contributed by atoms with E-state index < -0.39 is 34.1 Å². The average molecular weight is 769 g/mol. The first-order valence-corrected chi connectivity index (χ1v) is 15.8. The fraction of sp³-hybridized carbons (Fsp3) is 0.261. The number of nitrogens with two attached hydrogens (primary N) is 1. The number of hydrogen-bond acceptors (Lipinski definition) is 10. The van der Waals surface area contributed by atoms with E-state index >= 15 is 0 Å². The lowest BCUT2D eigenvalue weighted by molar-refractivity contribution is -0.193. The predicted molar refractivity (Wildman–Crippen MR) is 152 cm³/mol. The summed E-state index contributed by atoms with van der Waals surface area (Å²) in [6.07, 6.45) is -6.70. The van der Waals surface area contributed by atoms with Gasteiger partial charge in [0, 0.05) is 10.0 Å². The minimum Gasteiger partial charge on any atom is -0.475 e. The summed E-state index contributed by atoms with van der Waals surface area (Å²) in [5, 5.41) is 25.9. The molecule has 0 aliphatic carbocycles. The van der Waals surface area contributed by atoms with Gasteiger partial charge in [-0.3, -0.25) is 5.41 Å². The molecule has 0 spiro atoms. The van der Waals surface area contributed by atoms with E-state index in [0.29, 0.717) is 25.6 Å². The van der Waals surface area contributed by atoms with E-state index in [9.17, 15) is 34.8 Å². The van der Waals surface area contributed by atoms with Crippen molar-refractivity contribution in [3.63, 3.8) is 0 Å². The molecule has 0 bridgehead atoms. The van der Waals surface area contributed by atoms with Gasteiger partial charge >= 0.3 is 24.3 Å². The van der Waals surface area contributed by atoms with Crippen LogP contribution in [0.25, 0.3) is 11.0 Å². The zero-order valence-corrected chi connectivity index (χ0v) is 26.8. The molecule has 1 aromatic carbocycles. The molecule has 0 amide bonds. The molecule has 0 atom stereocenters. The Balaban J connectivity index is 0.000000421. The van der Waals surface area contributed by atoms with Crippen LogP contribution in [0.4, 0.5) is 26.3 Å². The Morgan fingerprint density at radius 2 is 1.64 bits per heavy atom. The third kappa shape index (κ3) is 9.20. The number of carboxylic acids is 2. The third-order valence-corrected chi connectivity index (χ3v) is 10.3. The van der Waals surface area contributed by atoms with Crippen molar-refractivity contribution in [2.75, 3.05) is 6.26 Å². The normalized spacial score (nSPS) is 11.8. The number of fused-ring (bicyclic) bond motifs is 1. The number of rotatable bonds is 6. The van der Waals surface area contributed by atoms with Gasteiger partial charge in [-0.05, 0) is 54.2 Å². The molecule has 3 aromatic heterocycles. The predicted octanol–water partition coefficient (Wildman–Crippen LogP) is 5.62. The Morgan fingerprint density at radius 3 is 2.07 bits per heavy atom. The number of aromatic nitrogens is 3. The van der Waals surface area contributed by atoms with Crippen molar-refractivity contribution in [3.05, 3.63) is 50.9 Å². The van der Waals surface area contributed by atoms with Crippen molar-refractivity contribution in [1.82, 2.24) is 14.7 Å². The van der Waals surface area contributed by atoms with Gasteiger partial charge in [-0.1, -0.05) is 5.16 Å². The largest absolute Gasteiger partial charge is 0.490 e. The number of alkyl halides is 6. The van der Waals surface area contributed by atoms with Gasteiger partial charge in [0.05, 0.1) is 48.5 Å². The van der Waals surface area contributed by atoms with Crippen molar-refractivity contribution < 1.29 is 59.1 Å².